The minimum atomic E-state index is -0.396. The molecule has 0 unspecified atom stereocenters. The molecule has 0 radical (unpaired) electrons. The van der Waals surface area contributed by atoms with Crippen LogP contribution >= 0.6 is 23.4 Å². The van der Waals surface area contributed by atoms with Crippen molar-refractivity contribution < 1.29 is 9.13 Å². The van der Waals surface area contributed by atoms with E-state index in [1.54, 1.807) is 42.8 Å². The first-order valence-electron chi connectivity index (χ1n) is 6.13. The van der Waals surface area contributed by atoms with E-state index in [1.807, 2.05) is 0 Å². The lowest BCUT2D eigenvalue weighted by Gasteiger charge is -2.10. The van der Waals surface area contributed by atoms with Crippen LogP contribution in [0.4, 0.5) is 10.1 Å². The van der Waals surface area contributed by atoms with Crippen LogP contribution in [0.2, 0.25) is 5.02 Å². The van der Waals surface area contributed by atoms with Gasteiger partial charge in [0, 0.05) is 11.1 Å². The van der Waals surface area contributed by atoms with Crippen molar-refractivity contribution in [1.29, 1.82) is 5.26 Å². The molecule has 112 valence electrons. The third kappa shape index (κ3) is 4.38. The summed E-state index contributed by atoms with van der Waals surface area (Å²) in [7, 11) is 0. The maximum absolute atomic E-state index is 13.2. The Labute approximate surface area is 136 Å². The van der Waals surface area contributed by atoms with Crippen LogP contribution in [0.3, 0.4) is 0 Å². The fourth-order valence-corrected chi connectivity index (χ4v) is 2.11. The lowest BCUT2D eigenvalue weighted by Crippen LogP contribution is -2.12. The van der Waals surface area contributed by atoms with Gasteiger partial charge in [-0.3, -0.25) is 5.32 Å². The third-order valence-corrected chi connectivity index (χ3v) is 3.34. The predicted molar refractivity (Wildman–Crippen MR) is 87.3 cm³/mol. The topological polar surface area (TPSA) is 57.4 Å². The Kier molecular flexibility index (Phi) is 5.64. The van der Waals surface area contributed by atoms with E-state index in [9.17, 15) is 4.39 Å². The van der Waals surface area contributed by atoms with Gasteiger partial charge in [0.2, 0.25) is 0 Å². The van der Waals surface area contributed by atoms with E-state index in [1.165, 1.54) is 23.9 Å². The van der Waals surface area contributed by atoms with E-state index in [2.05, 4.69) is 10.3 Å². The van der Waals surface area contributed by atoms with Crippen LogP contribution in [0.15, 0.2) is 47.5 Å². The van der Waals surface area contributed by atoms with E-state index in [-0.39, 0.29) is 0 Å². The minimum absolute atomic E-state index is 0.345. The van der Waals surface area contributed by atoms with E-state index in [0.29, 0.717) is 27.4 Å². The minimum Gasteiger partial charge on any atom is -0.455 e. The Morgan fingerprint density at radius 3 is 2.86 bits per heavy atom. The third-order valence-electron chi connectivity index (χ3n) is 2.52. The molecule has 0 aliphatic carbocycles. The van der Waals surface area contributed by atoms with Gasteiger partial charge in [0.1, 0.15) is 17.3 Å². The largest absolute Gasteiger partial charge is 0.455 e. The van der Waals surface area contributed by atoms with Crippen LogP contribution in [0, 0.1) is 17.3 Å². The highest BCUT2D eigenvalue weighted by Gasteiger charge is 2.08. The summed E-state index contributed by atoms with van der Waals surface area (Å²) in [6, 6.07) is 10.7. The van der Waals surface area contributed by atoms with Crippen molar-refractivity contribution in [2.75, 3.05) is 6.26 Å². The molecule has 0 atom stereocenters. The number of nitrogens with one attached hydrogen (secondary N) is 1. The van der Waals surface area contributed by atoms with Gasteiger partial charge in [0.15, 0.2) is 17.1 Å². The molecule has 0 heterocycles. The van der Waals surface area contributed by atoms with Crippen molar-refractivity contribution in [1.82, 2.24) is 5.32 Å². The Morgan fingerprint density at radius 2 is 2.18 bits per heavy atom. The van der Waals surface area contributed by atoms with Gasteiger partial charge in [0.05, 0.1) is 0 Å². The molecular weight excluding hydrogens is 325 g/mol. The van der Waals surface area contributed by atoms with Crippen molar-refractivity contribution in [3.63, 3.8) is 0 Å². The Bertz CT molecular complexity index is 746. The molecule has 0 aliphatic heterocycles. The zero-order valence-electron chi connectivity index (χ0n) is 11.5. The molecule has 0 saturated carbocycles. The number of nitrogens with zero attached hydrogens (tertiary/aromatic N) is 2. The molecule has 0 aromatic heterocycles. The summed E-state index contributed by atoms with van der Waals surface area (Å²) >= 11 is 7.24. The molecule has 2 rings (SSSR count). The zero-order valence-corrected chi connectivity index (χ0v) is 13.1. The highest BCUT2D eigenvalue weighted by molar-refractivity contribution is 8.13. The number of hydrogen-bond acceptors (Lipinski definition) is 4. The second-order valence-corrected chi connectivity index (χ2v) is 5.26. The van der Waals surface area contributed by atoms with Crippen molar-refractivity contribution in [2.24, 2.45) is 4.99 Å². The van der Waals surface area contributed by atoms with Crippen molar-refractivity contribution in [2.45, 2.75) is 0 Å². The average molecular weight is 336 g/mol. The summed E-state index contributed by atoms with van der Waals surface area (Å²) in [4.78, 5) is 4.29. The van der Waals surface area contributed by atoms with Crippen molar-refractivity contribution in [3.8, 4) is 17.7 Å². The second kappa shape index (κ2) is 7.69. The number of ether oxygens (including phenoxy) is 1. The van der Waals surface area contributed by atoms with Gasteiger partial charge in [-0.25, -0.2) is 9.38 Å². The number of benzene rings is 2. The highest BCUT2D eigenvalue weighted by atomic mass is 35.5. The highest BCUT2D eigenvalue weighted by Crippen LogP contribution is 2.34. The number of hydrogen-bond donors (Lipinski definition) is 1. The van der Waals surface area contributed by atoms with E-state index < -0.39 is 5.82 Å². The quantitative estimate of drug-likeness (QED) is 0.382. The molecule has 2 aromatic rings. The number of nitriles is 1. The average Bonchev–Trinajstić information content (AvgIpc) is 2.49. The van der Waals surface area contributed by atoms with Crippen molar-refractivity contribution in [3.05, 3.63) is 53.3 Å². The molecule has 0 aliphatic rings. The van der Waals surface area contributed by atoms with Crippen LogP contribution in [0.1, 0.15) is 0 Å². The van der Waals surface area contributed by atoms with Gasteiger partial charge in [-0.1, -0.05) is 29.4 Å². The van der Waals surface area contributed by atoms with E-state index in [0.717, 1.165) is 0 Å². The van der Waals surface area contributed by atoms with Gasteiger partial charge >= 0.3 is 0 Å². The number of thioether (sulfide) groups is 1. The summed E-state index contributed by atoms with van der Waals surface area (Å²) in [5, 5.41) is 12.0. The molecule has 0 amide bonds. The summed E-state index contributed by atoms with van der Waals surface area (Å²) < 4.78 is 18.9. The van der Waals surface area contributed by atoms with Crippen LogP contribution in [-0.4, -0.2) is 11.4 Å². The fourth-order valence-electron chi connectivity index (χ4n) is 1.60. The van der Waals surface area contributed by atoms with Gasteiger partial charge in [-0.2, -0.15) is 5.26 Å². The SMILES string of the molecule is CSC(=Nc1cc(Cl)ccc1Oc1cccc(F)c1)NC#N. The maximum atomic E-state index is 13.2. The monoisotopic (exact) mass is 335 g/mol. The molecule has 1 N–H and O–H groups in total. The molecule has 0 spiro atoms. The normalized spacial score (nSPS) is 10.9. The number of halogens is 2. The molecule has 2 aromatic carbocycles. The summed E-state index contributed by atoms with van der Waals surface area (Å²) in [5.41, 5.74) is 0.434. The number of rotatable bonds is 3. The Balaban J connectivity index is 2.38. The first-order valence-corrected chi connectivity index (χ1v) is 7.73. The summed E-state index contributed by atoms with van der Waals surface area (Å²) in [5.74, 6) is 0.353. The van der Waals surface area contributed by atoms with Crippen LogP contribution in [0.25, 0.3) is 0 Å². The maximum Gasteiger partial charge on any atom is 0.183 e. The first kappa shape index (κ1) is 16.1. The molecule has 4 nitrogen and oxygen atoms in total. The smallest absolute Gasteiger partial charge is 0.183 e. The first-order chi connectivity index (χ1) is 10.6. The van der Waals surface area contributed by atoms with Gasteiger partial charge < -0.3 is 4.74 Å². The second-order valence-electron chi connectivity index (χ2n) is 4.03. The standard InChI is InChI=1S/C15H11ClFN3OS/c1-22-15(19-9-18)20-13-7-10(16)5-6-14(13)21-12-4-2-3-11(17)8-12/h2-8H,1H3,(H,19,20). The molecular formula is C15H11ClFN3OS. The predicted octanol–water partition coefficient (Wildman–Crippen LogP) is 4.69. The van der Waals surface area contributed by atoms with Gasteiger partial charge in [-0.15, -0.1) is 0 Å². The van der Waals surface area contributed by atoms with Gasteiger partial charge in [0.25, 0.3) is 0 Å². The molecule has 0 bridgehead atoms. The lowest BCUT2D eigenvalue weighted by molar-refractivity contribution is 0.478. The molecule has 7 heteroatoms. The van der Waals surface area contributed by atoms with E-state index >= 15 is 0 Å². The number of amidine groups is 1. The Morgan fingerprint density at radius 1 is 1.36 bits per heavy atom. The summed E-state index contributed by atoms with van der Waals surface area (Å²) in [6.45, 7) is 0. The van der Waals surface area contributed by atoms with Crippen molar-refractivity contribution >= 4 is 34.2 Å². The number of aliphatic imine (C=N–C) groups is 1. The fraction of sp³-hybridized carbons (Fsp3) is 0.0667. The Hall–Kier alpha value is -2.23. The molecule has 0 fully saturated rings. The van der Waals surface area contributed by atoms with Crippen LogP contribution in [0.5, 0.6) is 11.5 Å². The van der Waals surface area contributed by atoms with Gasteiger partial charge in [-0.05, 0) is 36.6 Å². The van der Waals surface area contributed by atoms with E-state index in [4.69, 9.17) is 21.6 Å². The van der Waals surface area contributed by atoms with Crippen LogP contribution in [-0.2, 0) is 0 Å². The molecule has 22 heavy (non-hydrogen) atoms. The lowest BCUT2D eigenvalue weighted by atomic mass is 10.3. The zero-order chi connectivity index (χ0) is 15.9. The van der Waals surface area contributed by atoms with Crippen LogP contribution < -0.4 is 10.1 Å². The summed E-state index contributed by atoms with van der Waals surface area (Å²) in [6.07, 6.45) is 3.58. The molecule has 0 saturated heterocycles.